The molecular formula is C20H24F2N8O4. The second kappa shape index (κ2) is 9.99. The second-order valence-electron chi connectivity index (χ2n) is 7.85. The molecule has 34 heavy (non-hydrogen) atoms. The van der Waals surface area contributed by atoms with E-state index in [0.29, 0.717) is 0 Å². The summed E-state index contributed by atoms with van der Waals surface area (Å²) in [7, 11) is 0. The molecule has 2 aromatic rings. The number of hydrogen-bond acceptors (Lipinski definition) is 8. The van der Waals surface area contributed by atoms with Crippen molar-refractivity contribution in [1.82, 2.24) is 30.7 Å². The van der Waals surface area contributed by atoms with E-state index in [0.717, 1.165) is 17.0 Å². The van der Waals surface area contributed by atoms with Crippen molar-refractivity contribution in [3.63, 3.8) is 0 Å². The number of anilines is 2. The Hall–Kier alpha value is -3.81. The quantitative estimate of drug-likeness (QED) is 0.589. The van der Waals surface area contributed by atoms with Crippen molar-refractivity contribution in [3.8, 4) is 0 Å². The maximum Gasteiger partial charge on any atom is 0.414 e. The fourth-order valence-electron chi connectivity index (χ4n) is 3.82. The fourth-order valence-corrected chi connectivity index (χ4v) is 3.82. The average Bonchev–Trinajstić information content (AvgIpc) is 3.35. The molecule has 0 aliphatic carbocycles. The third-order valence-electron chi connectivity index (χ3n) is 5.43. The van der Waals surface area contributed by atoms with Crippen LogP contribution in [0.4, 0.5) is 25.0 Å². The largest absolute Gasteiger partial charge is 0.442 e. The molecule has 2 aliphatic heterocycles. The number of ether oxygens (including phenoxy) is 1. The Bertz CT molecular complexity index is 1040. The van der Waals surface area contributed by atoms with Crippen molar-refractivity contribution in [2.24, 2.45) is 0 Å². The lowest BCUT2D eigenvalue weighted by atomic mass is 10.2. The molecule has 12 nitrogen and oxygen atoms in total. The van der Waals surface area contributed by atoms with Crippen LogP contribution in [0, 0.1) is 11.6 Å². The number of nitrogens with zero attached hydrogens (tertiary/aromatic N) is 6. The first-order valence-corrected chi connectivity index (χ1v) is 10.7. The van der Waals surface area contributed by atoms with Crippen molar-refractivity contribution < 1.29 is 27.9 Å². The summed E-state index contributed by atoms with van der Waals surface area (Å²) in [6.45, 7) is 2.40. The Morgan fingerprint density at radius 2 is 2.00 bits per heavy atom. The number of benzene rings is 1. The van der Waals surface area contributed by atoms with Crippen molar-refractivity contribution >= 4 is 29.3 Å². The van der Waals surface area contributed by atoms with E-state index in [1.54, 1.807) is 6.20 Å². The van der Waals surface area contributed by atoms with Crippen LogP contribution in [0.25, 0.3) is 0 Å². The van der Waals surface area contributed by atoms with E-state index in [2.05, 4.69) is 21.1 Å². The first-order chi connectivity index (χ1) is 16.3. The minimum Gasteiger partial charge on any atom is -0.442 e. The first-order valence-electron chi connectivity index (χ1n) is 10.7. The van der Waals surface area contributed by atoms with Gasteiger partial charge < -0.3 is 15.0 Å². The molecule has 3 amide bonds. The number of hydrogen-bond donors (Lipinski definition) is 2. The monoisotopic (exact) mass is 478 g/mol. The maximum atomic E-state index is 15.0. The van der Waals surface area contributed by atoms with Gasteiger partial charge in [-0.25, -0.2) is 23.7 Å². The van der Waals surface area contributed by atoms with Gasteiger partial charge in [-0.3, -0.25) is 19.5 Å². The Balaban J connectivity index is 1.42. The first kappa shape index (κ1) is 23.4. The summed E-state index contributed by atoms with van der Waals surface area (Å²) in [4.78, 5) is 38.3. The molecule has 1 aromatic carbocycles. The van der Waals surface area contributed by atoms with Gasteiger partial charge in [0.05, 0.1) is 31.5 Å². The van der Waals surface area contributed by atoms with Gasteiger partial charge in [0.25, 0.3) is 5.91 Å². The molecule has 2 fully saturated rings. The van der Waals surface area contributed by atoms with E-state index in [1.165, 1.54) is 27.7 Å². The summed E-state index contributed by atoms with van der Waals surface area (Å²) in [5, 5.41) is 11.3. The average molecular weight is 478 g/mol. The van der Waals surface area contributed by atoms with Gasteiger partial charge in [0.2, 0.25) is 5.91 Å². The van der Waals surface area contributed by atoms with Gasteiger partial charge >= 0.3 is 6.09 Å². The van der Waals surface area contributed by atoms with Crippen LogP contribution in [0.3, 0.4) is 0 Å². The van der Waals surface area contributed by atoms with Crippen LogP contribution in [-0.2, 0) is 20.9 Å². The summed E-state index contributed by atoms with van der Waals surface area (Å²) < 4.78 is 36.6. The third kappa shape index (κ3) is 5.22. The molecular weight excluding hydrogens is 454 g/mol. The lowest BCUT2D eigenvalue weighted by Gasteiger charge is -2.25. The molecule has 1 atom stereocenters. The van der Waals surface area contributed by atoms with Crippen LogP contribution in [0.15, 0.2) is 24.5 Å². The van der Waals surface area contributed by atoms with E-state index >= 15 is 8.78 Å². The number of aromatic nitrogens is 3. The zero-order valence-electron chi connectivity index (χ0n) is 18.4. The number of carbonyl (C=O) groups is 3. The van der Waals surface area contributed by atoms with Gasteiger partial charge in [-0.15, -0.1) is 5.10 Å². The summed E-state index contributed by atoms with van der Waals surface area (Å²) in [6.07, 6.45) is 1.65. The van der Waals surface area contributed by atoms with E-state index in [-0.39, 0.29) is 69.0 Å². The molecule has 2 aliphatic rings. The van der Waals surface area contributed by atoms with Crippen molar-refractivity contribution in [2.75, 3.05) is 49.1 Å². The second-order valence-corrected chi connectivity index (χ2v) is 7.85. The normalized spacial score (nSPS) is 18.6. The minimum absolute atomic E-state index is 0.0146. The summed E-state index contributed by atoms with van der Waals surface area (Å²) in [6, 6.07) is 2.15. The molecule has 2 N–H and O–H groups in total. The van der Waals surface area contributed by atoms with E-state index < -0.39 is 23.8 Å². The Labute approximate surface area is 193 Å². The molecule has 4 rings (SSSR count). The highest BCUT2D eigenvalue weighted by molar-refractivity contribution is 5.90. The lowest BCUT2D eigenvalue weighted by molar-refractivity contribution is -0.134. The van der Waals surface area contributed by atoms with Gasteiger partial charge in [0.15, 0.2) is 11.6 Å². The highest BCUT2D eigenvalue weighted by Crippen LogP contribution is 2.31. The van der Waals surface area contributed by atoms with Crippen LogP contribution < -0.4 is 20.5 Å². The van der Waals surface area contributed by atoms with Gasteiger partial charge in [-0.2, -0.15) is 0 Å². The summed E-state index contributed by atoms with van der Waals surface area (Å²) in [5.41, 5.74) is 2.74. The predicted molar refractivity (Wildman–Crippen MR) is 115 cm³/mol. The third-order valence-corrected chi connectivity index (χ3v) is 5.43. The molecule has 0 saturated carbocycles. The molecule has 0 bridgehead atoms. The van der Waals surface area contributed by atoms with Crippen LogP contribution in [0.5, 0.6) is 0 Å². The number of cyclic esters (lactones) is 1. The fraction of sp³-hybridized carbons (Fsp3) is 0.450. The topological polar surface area (TPSA) is 125 Å². The Morgan fingerprint density at radius 3 is 2.68 bits per heavy atom. The number of carbonyl (C=O) groups excluding carboxylic acids is 3. The number of rotatable bonds is 6. The minimum atomic E-state index is -0.837. The molecule has 2 saturated heterocycles. The molecule has 182 valence electrons. The van der Waals surface area contributed by atoms with Gasteiger partial charge in [0.1, 0.15) is 18.3 Å². The number of hydrazine groups is 1. The number of nitrogens with one attached hydrogen (secondary N) is 2. The van der Waals surface area contributed by atoms with Crippen molar-refractivity contribution in [3.05, 3.63) is 36.2 Å². The Morgan fingerprint density at radius 1 is 1.24 bits per heavy atom. The SMILES string of the molecule is CC(=O)NC[C@H]1CN(c2cc(F)c(N3CCNN(C(=O)Cn4ccnn4)CC3)c(F)c2)C(=O)O1. The zero-order chi connectivity index (χ0) is 24.2. The summed E-state index contributed by atoms with van der Waals surface area (Å²) >= 11 is 0. The lowest BCUT2D eigenvalue weighted by Crippen LogP contribution is -2.45. The number of amides is 3. The van der Waals surface area contributed by atoms with Crippen LogP contribution in [0.2, 0.25) is 0 Å². The molecule has 0 unspecified atom stereocenters. The Kier molecular flexibility index (Phi) is 6.86. The predicted octanol–water partition coefficient (Wildman–Crippen LogP) is -0.129. The van der Waals surface area contributed by atoms with Gasteiger partial charge in [0, 0.05) is 44.9 Å². The van der Waals surface area contributed by atoms with Crippen LogP contribution in [-0.4, -0.2) is 83.3 Å². The smallest absolute Gasteiger partial charge is 0.414 e. The highest BCUT2D eigenvalue weighted by atomic mass is 19.1. The number of halogens is 2. The molecule has 14 heteroatoms. The standard InChI is InChI=1S/C20H24F2N8O4/c1-13(31)23-10-15-11-29(20(33)34-15)14-8-16(21)19(17(22)9-14)27-4-3-25-30(7-6-27)18(32)12-28-5-2-24-26-28/h2,5,8-9,15,25H,3-4,6-7,10-12H2,1H3,(H,23,31)/t15-/m0/s1. The van der Waals surface area contributed by atoms with Crippen LogP contribution in [0.1, 0.15) is 6.92 Å². The highest BCUT2D eigenvalue weighted by Gasteiger charge is 2.34. The molecule has 0 radical (unpaired) electrons. The van der Waals surface area contributed by atoms with Crippen molar-refractivity contribution in [1.29, 1.82) is 0 Å². The van der Waals surface area contributed by atoms with E-state index in [9.17, 15) is 14.4 Å². The van der Waals surface area contributed by atoms with E-state index in [1.807, 2.05) is 0 Å². The van der Waals surface area contributed by atoms with Crippen LogP contribution >= 0.6 is 0 Å². The summed E-state index contributed by atoms with van der Waals surface area (Å²) in [5.74, 6) is -2.21. The maximum absolute atomic E-state index is 15.0. The molecule has 0 spiro atoms. The molecule has 1 aromatic heterocycles. The molecule has 3 heterocycles. The van der Waals surface area contributed by atoms with Gasteiger partial charge in [-0.05, 0) is 0 Å². The van der Waals surface area contributed by atoms with E-state index in [4.69, 9.17) is 4.74 Å². The van der Waals surface area contributed by atoms with Gasteiger partial charge in [-0.1, -0.05) is 5.21 Å². The van der Waals surface area contributed by atoms with Crippen molar-refractivity contribution in [2.45, 2.75) is 19.6 Å². The zero-order valence-corrected chi connectivity index (χ0v) is 18.4.